The third kappa shape index (κ3) is 2.33. The molecule has 0 saturated carbocycles. The first-order valence-electron chi connectivity index (χ1n) is 6.18. The molecule has 1 aliphatic heterocycles. The van der Waals surface area contributed by atoms with Crippen LogP contribution in [0.15, 0.2) is 18.2 Å². The predicted octanol–water partition coefficient (Wildman–Crippen LogP) is 1.11. The molecular weight excluding hydrogens is 244 g/mol. The number of anilines is 1. The number of hydrogen-bond donors (Lipinski definition) is 2. The summed E-state index contributed by atoms with van der Waals surface area (Å²) < 4.78 is 0. The molecule has 1 aromatic rings. The number of carbonyl (C=O) groups excluding carboxylic acids is 1. The summed E-state index contributed by atoms with van der Waals surface area (Å²) in [6, 6.07) is 5.81. The Bertz CT molecular complexity index is 537. The zero-order chi connectivity index (χ0) is 14.2. The van der Waals surface area contributed by atoms with E-state index in [9.17, 15) is 9.59 Å². The summed E-state index contributed by atoms with van der Waals surface area (Å²) in [5, 5.41) is 11.4. The normalized spacial score (nSPS) is 16.6. The topological polar surface area (TPSA) is 69.6 Å². The van der Waals surface area contributed by atoms with Crippen LogP contribution in [0.4, 0.5) is 5.69 Å². The van der Waals surface area contributed by atoms with Crippen molar-refractivity contribution in [1.82, 2.24) is 5.32 Å². The van der Waals surface area contributed by atoms with Gasteiger partial charge in [0.25, 0.3) is 0 Å². The van der Waals surface area contributed by atoms with E-state index in [0.29, 0.717) is 6.54 Å². The molecule has 0 aliphatic carbocycles. The number of nitrogens with one attached hydrogen (secondary N) is 1. The number of carboxylic acids is 1. The van der Waals surface area contributed by atoms with Gasteiger partial charge in [0.15, 0.2) is 0 Å². The molecule has 1 aromatic carbocycles. The van der Waals surface area contributed by atoms with E-state index in [2.05, 4.69) is 5.32 Å². The molecule has 2 N–H and O–H groups in total. The van der Waals surface area contributed by atoms with Crippen molar-refractivity contribution in [3.05, 3.63) is 29.3 Å². The quantitative estimate of drug-likeness (QED) is 0.853. The number of likely N-dealkylation sites (N-methyl/N-ethyl adjacent to an activating group) is 1. The van der Waals surface area contributed by atoms with Crippen molar-refractivity contribution < 1.29 is 14.7 Å². The average Bonchev–Trinajstić information content (AvgIpc) is 2.51. The van der Waals surface area contributed by atoms with Gasteiger partial charge in [0, 0.05) is 19.3 Å². The summed E-state index contributed by atoms with van der Waals surface area (Å²) in [5.41, 5.74) is 2.38. The minimum Gasteiger partial charge on any atom is -0.480 e. The summed E-state index contributed by atoms with van der Waals surface area (Å²) in [4.78, 5) is 24.3. The molecular formula is C14H18N2O3. The van der Waals surface area contributed by atoms with Gasteiger partial charge in [0.2, 0.25) is 5.91 Å². The smallest absolute Gasteiger partial charge is 0.317 e. The number of benzene rings is 1. The molecule has 0 bridgehead atoms. The zero-order valence-corrected chi connectivity index (χ0v) is 11.4. The number of fused-ring (bicyclic) bond motifs is 1. The van der Waals surface area contributed by atoms with Crippen molar-refractivity contribution in [2.45, 2.75) is 25.8 Å². The monoisotopic (exact) mass is 262 g/mol. The van der Waals surface area contributed by atoms with Gasteiger partial charge >= 0.3 is 5.97 Å². The SMILES string of the molecule is CN1C(=O)C(C)(C)c2cc(CNCC(=O)O)ccc21. The maximum absolute atomic E-state index is 12.1. The molecule has 2 rings (SSSR count). The highest BCUT2D eigenvalue weighted by Crippen LogP contribution is 2.40. The number of aliphatic carboxylic acids is 1. The molecule has 0 fully saturated rings. The average molecular weight is 262 g/mol. The van der Waals surface area contributed by atoms with Crippen LogP contribution in [0.25, 0.3) is 0 Å². The molecule has 1 aliphatic rings. The number of hydrogen-bond acceptors (Lipinski definition) is 3. The van der Waals surface area contributed by atoms with Gasteiger partial charge in [-0.3, -0.25) is 9.59 Å². The van der Waals surface area contributed by atoms with E-state index in [0.717, 1.165) is 16.8 Å². The highest BCUT2D eigenvalue weighted by atomic mass is 16.4. The lowest BCUT2D eigenvalue weighted by molar-refractivity contribution is -0.136. The van der Waals surface area contributed by atoms with Gasteiger partial charge in [0.1, 0.15) is 0 Å². The van der Waals surface area contributed by atoms with Crippen molar-refractivity contribution in [3.63, 3.8) is 0 Å². The van der Waals surface area contributed by atoms with Gasteiger partial charge in [-0.1, -0.05) is 12.1 Å². The third-order valence-electron chi connectivity index (χ3n) is 3.54. The minimum absolute atomic E-state index is 0.0701. The van der Waals surface area contributed by atoms with Crippen molar-refractivity contribution in [3.8, 4) is 0 Å². The fourth-order valence-corrected chi connectivity index (χ4v) is 2.44. The van der Waals surface area contributed by atoms with E-state index in [1.807, 2.05) is 32.0 Å². The van der Waals surface area contributed by atoms with E-state index in [1.54, 1.807) is 11.9 Å². The van der Waals surface area contributed by atoms with Crippen LogP contribution in [-0.2, 0) is 21.5 Å². The van der Waals surface area contributed by atoms with E-state index in [-0.39, 0.29) is 12.5 Å². The highest BCUT2D eigenvalue weighted by molar-refractivity contribution is 6.07. The second kappa shape index (κ2) is 4.66. The molecule has 5 heteroatoms. The molecule has 19 heavy (non-hydrogen) atoms. The van der Waals surface area contributed by atoms with Gasteiger partial charge in [-0.25, -0.2) is 0 Å². The van der Waals surface area contributed by atoms with Crippen molar-refractivity contribution >= 4 is 17.6 Å². The molecule has 0 radical (unpaired) electrons. The number of rotatable bonds is 4. The van der Waals surface area contributed by atoms with Gasteiger partial charge < -0.3 is 15.3 Å². The standard InChI is InChI=1S/C14H18N2O3/c1-14(2)10-6-9(7-15-8-12(17)18)4-5-11(10)16(3)13(14)19/h4-6,15H,7-8H2,1-3H3,(H,17,18). The van der Waals surface area contributed by atoms with E-state index < -0.39 is 11.4 Å². The van der Waals surface area contributed by atoms with Crippen LogP contribution in [0.3, 0.4) is 0 Å². The lowest BCUT2D eigenvalue weighted by atomic mass is 9.85. The van der Waals surface area contributed by atoms with Gasteiger partial charge in [-0.15, -0.1) is 0 Å². The molecule has 0 saturated heterocycles. The first kappa shape index (κ1) is 13.5. The van der Waals surface area contributed by atoms with E-state index in [1.165, 1.54) is 0 Å². The summed E-state index contributed by atoms with van der Waals surface area (Å²) in [6.07, 6.45) is 0. The fraction of sp³-hybridized carbons (Fsp3) is 0.429. The summed E-state index contributed by atoms with van der Waals surface area (Å²) in [7, 11) is 1.78. The Balaban J connectivity index is 2.23. The van der Waals surface area contributed by atoms with Crippen LogP contribution in [0.5, 0.6) is 0 Å². The van der Waals surface area contributed by atoms with Crippen LogP contribution < -0.4 is 10.2 Å². The van der Waals surface area contributed by atoms with Crippen LogP contribution >= 0.6 is 0 Å². The Labute approximate surface area is 112 Å². The molecule has 0 unspecified atom stereocenters. The van der Waals surface area contributed by atoms with Crippen LogP contribution in [0.2, 0.25) is 0 Å². The number of carboxylic acid groups (broad SMARTS) is 1. The zero-order valence-electron chi connectivity index (χ0n) is 11.4. The molecule has 102 valence electrons. The maximum atomic E-state index is 12.1. The Hall–Kier alpha value is -1.88. The summed E-state index contributed by atoms with van der Waals surface area (Å²) in [6.45, 7) is 4.23. The number of carbonyl (C=O) groups is 2. The Kier molecular flexibility index (Phi) is 3.32. The summed E-state index contributed by atoms with van der Waals surface area (Å²) in [5.74, 6) is -0.797. The Morgan fingerprint density at radius 1 is 1.42 bits per heavy atom. The van der Waals surface area contributed by atoms with Gasteiger partial charge in [0.05, 0.1) is 12.0 Å². The second-order valence-electron chi connectivity index (χ2n) is 5.34. The van der Waals surface area contributed by atoms with Crippen LogP contribution in [-0.4, -0.2) is 30.6 Å². The second-order valence-corrected chi connectivity index (χ2v) is 5.34. The minimum atomic E-state index is -0.878. The number of nitrogens with zero attached hydrogens (tertiary/aromatic N) is 1. The Morgan fingerprint density at radius 3 is 2.74 bits per heavy atom. The van der Waals surface area contributed by atoms with E-state index >= 15 is 0 Å². The van der Waals surface area contributed by atoms with Crippen molar-refractivity contribution in [1.29, 1.82) is 0 Å². The van der Waals surface area contributed by atoms with E-state index in [4.69, 9.17) is 5.11 Å². The summed E-state index contributed by atoms with van der Waals surface area (Å²) >= 11 is 0. The maximum Gasteiger partial charge on any atom is 0.317 e. The van der Waals surface area contributed by atoms with Crippen LogP contribution in [0.1, 0.15) is 25.0 Å². The fourth-order valence-electron chi connectivity index (χ4n) is 2.44. The lowest BCUT2D eigenvalue weighted by Gasteiger charge is -2.16. The first-order chi connectivity index (χ1) is 8.84. The first-order valence-corrected chi connectivity index (χ1v) is 6.18. The molecule has 5 nitrogen and oxygen atoms in total. The van der Waals surface area contributed by atoms with Gasteiger partial charge in [-0.05, 0) is 31.0 Å². The lowest BCUT2D eigenvalue weighted by Crippen LogP contribution is -2.33. The third-order valence-corrected chi connectivity index (χ3v) is 3.54. The van der Waals surface area contributed by atoms with Gasteiger partial charge in [-0.2, -0.15) is 0 Å². The van der Waals surface area contributed by atoms with Crippen molar-refractivity contribution in [2.24, 2.45) is 0 Å². The molecule has 0 spiro atoms. The molecule has 0 atom stereocenters. The van der Waals surface area contributed by atoms with Crippen LogP contribution in [0, 0.1) is 0 Å². The predicted molar refractivity (Wildman–Crippen MR) is 72.2 cm³/mol. The molecule has 1 heterocycles. The largest absolute Gasteiger partial charge is 0.480 e. The van der Waals surface area contributed by atoms with Crippen molar-refractivity contribution in [2.75, 3.05) is 18.5 Å². The molecule has 0 aromatic heterocycles. The Morgan fingerprint density at radius 2 is 2.11 bits per heavy atom. The number of amides is 1. The molecule has 1 amide bonds. The highest BCUT2D eigenvalue weighted by Gasteiger charge is 2.42.